The van der Waals surface area contributed by atoms with Crippen molar-refractivity contribution >= 4 is 34.2 Å². The number of unbranched alkanes of at least 4 members (excludes halogenated alkanes) is 2. The van der Waals surface area contributed by atoms with E-state index in [4.69, 9.17) is 23.2 Å². The van der Waals surface area contributed by atoms with Crippen LogP contribution in [-0.2, 0) is 0 Å². The number of fused-ring (bicyclic) bond motifs is 1. The van der Waals surface area contributed by atoms with E-state index in [0.29, 0.717) is 5.52 Å². The maximum absolute atomic E-state index is 13.8. The summed E-state index contributed by atoms with van der Waals surface area (Å²) in [6.45, 7) is 6.20. The lowest BCUT2D eigenvalue weighted by Gasteiger charge is -2.18. The average molecular weight is 331 g/mol. The van der Waals surface area contributed by atoms with Gasteiger partial charge in [0.2, 0.25) is 0 Å². The van der Waals surface area contributed by atoms with Crippen LogP contribution in [0.2, 0.25) is 5.02 Å². The zero-order valence-corrected chi connectivity index (χ0v) is 14.2. The van der Waals surface area contributed by atoms with Crippen molar-refractivity contribution in [2.75, 3.05) is 0 Å². The Labute approximate surface area is 135 Å². The molecule has 2 rings (SSSR count). The Hall–Kier alpha value is -0.800. The predicted octanol–water partition coefficient (Wildman–Crippen LogP) is 6.27. The fourth-order valence-electron chi connectivity index (χ4n) is 2.67. The van der Waals surface area contributed by atoms with Crippen molar-refractivity contribution in [2.45, 2.75) is 57.9 Å². The van der Waals surface area contributed by atoms with Gasteiger partial charge in [-0.25, -0.2) is 9.37 Å². The fourth-order valence-corrected chi connectivity index (χ4v) is 2.98. The fraction of sp³-hybridized carbons (Fsp3) is 0.562. The van der Waals surface area contributed by atoms with Crippen molar-refractivity contribution < 1.29 is 4.39 Å². The molecule has 0 spiro atoms. The molecule has 0 N–H and O–H groups in total. The number of alkyl halides is 1. The van der Waals surface area contributed by atoms with Crippen LogP contribution in [0.3, 0.4) is 0 Å². The largest absolute Gasteiger partial charge is 0.324 e. The molecule has 1 heterocycles. The molecule has 0 aliphatic carbocycles. The van der Waals surface area contributed by atoms with Crippen LogP contribution in [0.15, 0.2) is 12.1 Å². The van der Waals surface area contributed by atoms with E-state index in [-0.39, 0.29) is 16.4 Å². The molecule has 5 heteroatoms. The normalized spacial score (nSPS) is 14.6. The number of benzene rings is 1. The minimum Gasteiger partial charge on any atom is -0.324 e. The lowest BCUT2D eigenvalue weighted by atomic mass is 10.1. The Balaban J connectivity index is 2.47. The smallest absolute Gasteiger partial charge is 0.144 e. The quantitative estimate of drug-likeness (QED) is 0.450. The van der Waals surface area contributed by atoms with E-state index in [0.717, 1.165) is 24.2 Å². The van der Waals surface area contributed by atoms with Crippen LogP contribution in [0, 0.1) is 5.82 Å². The molecule has 2 aromatic rings. The highest BCUT2D eigenvalue weighted by atomic mass is 35.5. The van der Waals surface area contributed by atoms with Crippen LogP contribution in [0.4, 0.5) is 4.39 Å². The average Bonchev–Trinajstić information content (AvgIpc) is 2.78. The highest BCUT2D eigenvalue weighted by Crippen LogP contribution is 2.32. The number of halogens is 3. The van der Waals surface area contributed by atoms with E-state index in [1.165, 1.54) is 18.9 Å². The van der Waals surface area contributed by atoms with Crippen molar-refractivity contribution in [2.24, 2.45) is 0 Å². The SMILES string of the molecule is CCCCCC(C)n1c(C(C)Cl)nc2cc(Cl)c(F)cc21. The van der Waals surface area contributed by atoms with E-state index < -0.39 is 5.82 Å². The molecule has 0 amide bonds. The summed E-state index contributed by atoms with van der Waals surface area (Å²) in [7, 11) is 0. The van der Waals surface area contributed by atoms with Crippen LogP contribution in [0.1, 0.15) is 63.7 Å². The summed E-state index contributed by atoms with van der Waals surface area (Å²) in [5.74, 6) is 0.359. The lowest BCUT2D eigenvalue weighted by molar-refractivity contribution is 0.472. The second-order valence-corrected chi connectivity index (χ2v) is 6.62. The third-order valence-electron chi connectivity index (χ3n) is 3.78. The predicted molar refractivity (Wildman–Crippen MR) is 87.8 cm³/mol. The minimum atomic E-state index is -0.417. The number of aromatic nitrogens is 2. The molecule has 0 aliphatic heterocycles. The molecule has 0 fully saturated rings. The molecule has 0 saturated carbocycles. The summed E-state index contributed by atoms with van der Waals surface area (Å²) in [4.78, 5) is 4.54. The van der Waals surface area contributed by atoms with Gasteiger partial charge in [-0.15, -0.1) is 11.6 Å². The first kappa shape index (κ1) is 16.6. The Morgan fingerprint density at radius 3 is 2.62 bits per heavy atom. The molecular formula is C16H21Cl2FN2. The first-order valence-electron chi connectivity index (χ1n) is 7.46. The van der Waals surface area contributed by atoms with Crippen molar-refractivity contribution in [3.8, 4) is 0 Å². The van der Waals surface area contributed by atoms with Crippen LogP contribution in [-0.4, -0.2) is 9.55 Å². The number of hydrogen-bond donors (Lipinski definition) is 0. The Bertz CT molecular complexity index is 622. The third kappa shape index (κ3) is 3.51. The van der Waals surface area contributed by atoms with Gasteiger partial charge in [0.05, 0.1) is 21.4 Å². The number of rotatable bonds is 6. The molecule has 0 radical (unpaired) electrons. The Morgan fingerprint density at radius 2 is 2.00 bits per heavy atom. The van der Waals surface area contributed by atoms with Gasteiger partial charge in [-0.05, 0) is 26.3 Å². The molecule has 0 bridgehead atoms. The van der Waals surface area contributed by atoms with E-state index in [1.807, 2.05) is 6.92 Å². The van der Waals surface area contributed by atoms with Gasteiger partial charge in [0.1, 0.15) is 11.6 Å². The van der Waals surface area contributed by atoms with Crippen LogP contribution in [0.25, 0.3) is 11.0 Å². The van der Waals surface area contributed by atoms with E-state index >= 15 is 0 Å². The summed E-state index contributed by atoms with van der Waals surface area (Å²) in [5, 5.41) is -0.132. The maximum atomic E-state index is 13.8. The highest BCUT2D eigenvalue weighted by Gasteiger charge is 2.20. The van der Waals surface area contributed by atoms with Gasteiger partial charge >= 0.3 is 0 Å². The highest BCUT2D eigenvalue weighted by molar-refractivity contribution is 6.31. The van der Waals surface area contributed by atoms with Gasteiger partial charge < -0.3 is 4.57 Å². The van der Waals surface area contributed by atoms with E-state index in [2.05, 4.69) is 23.4 Å². The number of nitrogens with zero attached hydrogens (tertiary/aromatic N) is 2. The summed E-state index contributed by atoms with van der Waals surface area (Å²) in [6.07, 6.45) is 4.55. The molecule has 116 valence electrons. The summed E-state index contributed by atoms with van der Waals surface area (Å²) < 4.78 is 15.9. The van der Waals surface area contributed by atoms with E-state index in [1.54, 1.807) is 6.07 Å². The molecule has 2 nitrogen and oxygen atoms in total. The minimum absolute atomic E-state index is 0.0968. The molecule has 1 aromatic heterocycles. The monoisotopic (exact) mass is 330 g/mol. The molecule has 2 atom stereocenters. The topological polar surface area (TPSA) is 17.8 Å². The van der Waals surface area contributed by atoms with Crippen molar-refractivity contribution in [3.05, 3.63) is 28.8 Å². The van der Waals surface area contributed by atoms with Gasteiger partial charge in [0.25, 0.3) is 0 Å². The molecular weight excluding hydrogens is 310 g/mol. The molecule has 0 aliphatic rings. The van der Waals surface area contributed by atoms with E-state index in [9.17, 15) is 4.39 Å². The van der Waals surface area contributed by atoms with Crippen LogP contribution in [0.5, 0.6) is 0 Å². The molecule has 1 aromatic carbocycles. The molecule has 21 heavy (non-hydrogen) atoms. The summed E-state index contributed by atoms with van der Waals surface area (Å²) in [5.41, 5.74) is 1.47. The maximum Gasteiger partial charge on any atom is 0.144 e. The van der Waals surface area contributed by atoms with Gasteiger partial charge in [0.15, 0.2) is 0 Å². The van der Waals surface area contributed by atoms with Crippen LogP contribution < -0.4 is 0 Å². The van der Waals surface area contributed by atoms with Crippen molar-refractivity contribution in [3.63, 3.8) is 0 Å². The lowest BCUT2D eigenvalue weighted by Crippen LogP contribution is -2.10. The number of hydrogen-bond acceptors (Lipinski definition) is 1. The van der Waals surface area contributed by atoms with Gasteiger partial charge in [0, 0.05) is 12.1 Å². The second kappa shape index (κ2) is 6.97. The first-order chi connectivity index (χ1) is 9.95. The summed E-state index contributed by atoms with van der Waals surface area (Å²) in [6, 6.07) is 3.27. The standard InChI is InChI=1S/C16H21Cl2FN2/c1-4-5-6-7-10(2)21-15-9-13(19)12(18)8-14(15)20-16(21)11(3)17/h8-11H,4-7H2,1-3H3. The molecule has 0 saturated heterocycles. The van der Waals surface area contributed by atoms with Crippen molar-refractivity contribution in [1.82, 2.24) is 9.55 Å². The second-order valence-electron chi connectivity index (χ2n) is 5.56. The van der Waals surface area contributed by atoms with Crippen molar-refractivity contribution in [1.29, 1.82) is 0 Å². The third-order valence-corrected chi connectivity index (χ3v) is 4.27. The zero-order chi connectivity index (χ0) is 15.6. The van der Waals surface area contributed by atoms with Gasteiger partial charge in [-0.1, -0.05) is 37.8 Å². The van der Waals surface area contributed by atoms with Crippen LogP contribution >= 0.6 is 23.2 Å². The first-order valence-corrected chi connectivity index (χ1v) is 8.28. The van der Waals surface area contributed by atoms with Gasteiger partial charge in [-0.2, -0.15) is 0 Å². The number of imidazole rings is 1. The summed E-state index contributed by atoms with van der Waals surface area (Å²) >= 11 is 12.1. The zero-order valence-electron chi connectivity index (χ0n) is 12.7. The van der Waals surface area contributed by atoms with Gasteiger partial charge in [-0.3, -0.25) is 0 Å². The molecule has 2 unspecified atom stereocenters. The Morgan fingerprint density at radius 1 is 1.29 bits per heavy atom. The Kier molecular flexibility index (Phi) is 5.50.